The maximum absolute atomic E-state index is 11.4. The van der Waals surface area contributed by atoms with Gasteiger partial charge in [-0.2, -0.15) is 0 Å². The number of carbonyl (C=O) groups is 2. The summed E-state index contributed by atoms with van der Waals surface area (Å²) in [4.78, 5) is 23.6. The van der Waals surface area contributed by atoms with Crippen molar-refractivity contribution in [3.63, 3.8) is 0 Å². The highest BCUT2D eigenvalue weighted by Gasteiger charge is 2.30. The lowest BCUT2D eigenvalue weighted by Crippen LogP contribution is -2.62. The Balaban J connectivity index is 1.66. The second-order valence-electron chi connectivity index (χ2n) is 4.15. The normalized spacial score (nSPS) is 14.8. The third-order valence-electron chi connectivity index (χ3n) is 2.73. The molecule has 6 nitrogen and oxygen atoms in total. The van der Waals surface area contributed by atoms with Crippen LogP contribution in [0.15, 0.2) is 30.3 Å². The zero-order chi connectivity index (χ0) is 13.0. The molecule has 0 atom stereocenters. The van der Waals surface area contributed by atoms with Gasteiger partial charge in [-0.05, 0) is 5.56 Å². The number of urea groups is 1. The molecule has 1 aliphatic heterocycles. The lowest BCUT2D eigenvalue weighted by molar-refractivity contribution is 0.110. The number of ether oxygens (including phenoxy) is 1. The van der Waals surface area contributed by atoms with Gasteiger partial charge in [0.2, 0.25) is 0 Å². The molecule has 0 spiro atoms. The quantitative estimate of drug-likeness (QED) is 0.826. The summed E-state index contributed by atoms with van der Waals surface area (Å²) < 4.78 is 5.05. The molecule has 0 aliphatic carbocycles. The predicted octanol–water partition coefficient (Wildman–Crippen LogP) is 0.676. The topological polar surface area (TPSA) is 84.7 Å². The van der Waals surface area contributed by atoms with E-state index in [-0.39, 0.29) is 12.6 Å². The van der Waals surface area contributed by atoms with Crippen LogP contribution in [0, 0.1) is 0 Å². The molecular weight excluding hydrogens is 234 g/mol. The van der Waals surface area contributed by atoms with E-state index in [1.807, 2.05) is 30.3 Å². The van der Waals surface area contributed by atoms with Gasteiger partial charge in [0, 0.05) is 13.1 Å². The third kappa shape index (κ3) is 3.13. The monoisotopic (exact) mass is 249 g/mol. The molecule has 0 bridgehead atoms. The largest absolute Gasteiger partial charge is 0.445 e. The zero-order valence-electron chi connectivity index (χ0n) is 9.83. The molecule has 3 amide bonds. The van der Waals surface area contributed by atoms with Crippen LogP contribution < -0.4 is 11.1 Å². The van der Waals surface area contributed by atoms with Crippen LogP contribution in [0.3, 0.4) is 0 Å². The van der Waals surface area contributed by atoms with Gasteiger partial charge in [0.25, 0.3) is 0 Å². The fraction of sp³-hybridized carbons (Fsp3) is 0.333. The summed E-state index contributed by atoms with van der Waals surface area (Å²) in [7, 11) is 0. The van der Waals surface area contributed by atoms with Crippen molar-refractivity contribution in [3.05, 3.63) is 35.9 Å². The fourth-order valence-electron chi connectivity index (χ4n) is 1.68. The number of nitrogens with one attached hydrogen (secondary N) is 1. The van der Waals surface area contributed by atoms with Gasteiger partial charge in [-0.3, -0.25) is 0 Å². The molecule has 0 aromatic heterocycles. The highest BCUT2D eigenvalue weighted by Crippen LogP contribution is 2.07. The molecule has 1 aromatic rings. The van der Waals surface area contributed by atoms with Gasteiger partial charge in [0.05, 0.1) is 6.04 Å². The minimum absolute atomic E-state index is 0.0687. The number of primary amides is 1. The van der Waals surface area contributed by atoms with Gasteiger partial charge in [0.15, 0.2) is 0 Å². The summed E-state index contributed by atoms with van der Waals surface area (Å²) >= 11 is 0. The van der Waals surface area contributed by atoms with Gasteiger partial charge >= 0.3 is 12.1 Å². The third-order valence-corrected chi connectivity index (χ3v) is 2.73. The van der Waals surface area contributed by atoms with Gasteiger partial charge in [-0.15, -0.1) is 0 Å². The van der Waals surface area contributed by atoms with Crippen LogP contribution in [0.1, 0.15) is 5.56 Å². The zero-order valence-corrected chi connectivity index (χ0v) is 9.83. The SMILES string of the molecule is NC(=O)N1CC(NC(=O)OCc2ccccc2)C1. The number of nitrogens with two attached hydrogens (primary N) is 1. The van der Waals surface area contributed by atoms with E-state index in [1.165, 1.54) is 4.90 Å². The Morgan fingerprint density at radius 3 is 2.61 bits per heavy atom. The maximum atomic E-state index is 11.4. The first-order valence-electron chi connectivity index (χ1n) is 5.67. The Labute approximate surface area is 105 Å². The first kappa shape index (κ1) is 12.2. The number of alkyl carbamates (subject to hydrolysis) is 1. The van der Waals surface area contributed by atoms with Gasteiger partial charge in [-0.1, -0.05) is 30.3 Å². The highest BCUT2D eigenvalue weighted by atomic mass is 16.5. The first-order chi connectivity index (χ1) is 8.65. The Morgan fingerprint density at radius 1 is 1.33 bits per heavy atom. The Kier molecular flexibility index (Phi) is 3.66. The van der Waals surface area contributed by atoms with Crippen LogP contribution in [-0.2, 0) is 11.3 Å². The number of amides is 3. The molecule has 2 rings (SSSR count). The molecule has 6 heteroatoms. The maximum Gasteiger partial charge on any atom is 0.407 e. The van der Waals surface area contributed by atoms with Crippen LogP contribution in [-0.4, -0.2) is 36.2 Å². The van der Waals surface area contributed by atoms with E-state index < -0.39 is 12.1 Å². The van der Waals surface area contributed by atoms with Crippen LogP contribution in [0.5, 0.6) is 0 Å². The lowest BCUT2D eigenvalue weighted by atomic mass is 10.1. The van der Waals surface area contributed by atoms with Crippen LogP contribution in [0.25, 0.3) is 0 Å². The van der Waals surface area contributed by atoms with Crippen molar-refractivity contribution in [2.24, 2.45) is 5.73 Å². The number of hydrogen-bond acceptors (Lipinski definition) is 3. The second-order valence-corrected chi connectivity index (χ2v) is 4.15. The lowest BCUT2D eigenvalue weighted by Gasteiger charge is -2.37. The number of hydrogen-bond donors (Lipinski definition) is 2. The van der Waals surface area contributed by atoms with Crippen molar-refractivity contribution in [1.82, 2.24) is 10.2 Å². The summed E-state index contributed by atoms with van der Waals surface area (Å²) in [6.45, 7) is 1.12. The van der Waals surface area contributed by atoms with Crippen LogP contribution in [0.2, 0.25) is 0 Å². The molecule has 0 unspecified atom stereocenters. The molecule has 96 valence electrons. The molecule has 1 saturated heterocycles. The molecule has 0 radical (unpaired) electrons. The summed E-state index contributed by atoms with van der Waals surface area (Å²) in [5, 5.41) is 2.66. The standard InChI is InChI=1S/C12H15N3O3/c13-11(16)15-6-10(7-15)14-12(17)18-8-9-4-2-1-3-5-9/h1-5,10H,6-8H2,(H2,13,16)(H,14,17). The van der Waals surface area contributed by atoms with E-state index in [9.17, 15) is 9.59 Å². The van der Waals surface area contributed by atoms with Crippen molar-refractivity contribution >= 4 is 12.1 Å². The number of benzene rings is 1. The predicted molar refractivity (Wildman–Crippen MR) is 64.7 cm³/mol. The van der Waals surface area contributed by atoms with E-state index in [1.54, 1.807) is 0 Å². The summed E-state index contributed by atoms with van der Waals surface area (Å²) in [5.41, 5.74) is 6.00. The molecule has 1 heterocycles. The van der Waals surface area contributed by atoms with Crippen molar-refractivity contribution in [1.29, 1.82) is 0 Å². The number of likely N-dealkylation sites (tertiary alicyclic amines) is 1. The van der Waals surface area contributed by atoms with E-state index in [0.717, 1.165) is 5.56 Å². The first-order valence-corrected chi connectivity index (χ1v) is 5.67. The van der Waals surface area contributed by atoms with Crippen LogP contribution >= 0.6 is 0 Å². The van der Waals surface area contributed by atoms with Crippen molar-refractivity contribution < 1.29 is 14.3 Å². The molecule has 0 saturated carbocycles. The van der Waals surface area contributed by atoms with Gasteiger partial charge < -0.3 is 20.7 Å². The fourth-order valence-corrected chi connectivity index (χ4v) is 1.68. The summed E-state index contributed by atoms with van der Waals surface area (Å²) in [6.07, 6.45) is -0.479. The van der Waals surface area contributed by atoms with E-state index in [4.69, 9.17) is 10.5 Å². The van der Waals surface area contributed by atoms with E-state index in [0.29, 0.717) is 13.1 Å². The highest BCUT2D eigenvalue weighted by molar-refractivity contribution is 5.74. The van der Waals surface area contributed by atoms with Gasteiger partial charge in [-0.25, -0.2) is 9.59 Å². The molecular formula is C12H15N3O3. The van der Waals surface area contributed by atoms with Crippen molar-refractivity contribution in [3.8, 4) is 0 Å². The Hall–Kier alpha value is -2.24. The Morgan fingerprint density at radius 2 is 2.00 bits per heavy atom. The number of carbonyl (C=O) groups excluding carboxylic acids is 2. The molecule has 18 heavy (non-hydrogen) atoms. The second kappa shape index (κ2) is 5.39. The molecule has 3 N–H and O–H groups in total. The molecule has 1 aliphatic rings. The summed E-state index contributed by atoms with van der Waals surface area (Å²) in [6, 6.07) is 8.89. The van der Waals surface area contributed by atoms with Gasteiger partial charge in [0.1, 0.15) is 6.61 Å². The van der Waals surface area contributed by atoms with E-state index >= 15 is 0 Å². The number of rotatable bonds is 3. The Bertz CT molecular complexity index is 429. The average molecular weight is 249 g/mol. The molecule has 1 aromatic carbocycles. The minimum atomic E-state index is -0.479. The smallest absolute Gasteiger partial charge is 0.407 e. The van der Waals surface area contributed by atoms with Crippen molar-refractivity contribution in [2.75, 3.05) is 13.1 Å². The molecule has 1 fully saturated rings. The summed E-state index contributed by atoms with van der Waals surface area (Å²) in [5.74, 6) is 0. The van der Waals surface area contributed by atoms with Crippen LogP contribution in [0.4, 0.5) is 9.59 Å². The average Bonchev–Trinajstić information content (AvgIpc) is 2.31. The van der Waals surface area contributed by atoms with Crippen molar-refractivity contribution in [2.45, 2.75) is 12.6 Å². The number of nitrogens with zero attached hydrogens (tertiary/aromatic N) is 1. The minimum Gasteiger partial charge on any atom is -0.445 e. The van der Waals surface area contributed by atoms with E-state index in [2.05, 4.69) is 5.32 Å².